The van der Waals surface area contributed by atoms with Gasteiger partial charge in [0.1, 0.15) is 5.75 Å². The maximum absolute atomic E-state index is 5.84. The van der Waals surface area contributed by atoms with Gasteiger partial charge in [-0.05, 0) is 18.9 Å². The lowest BCUT2D eigenvalue weighted by molar-refractivity contribution is -0.165. The summed E-state index contributed by atoms with van der Waals surface area (Å²) in [6.45, 7) is 2.24. The molecule has 0 radical (unpaired) electrons. The molecule has 2 fully saturated rings. The largest absolute Gasteiger partial charge is 0.496 e. The van der Waals surface area contributed by atoms with Crippen LogP contribution < -0.4 is 10.1 Å². The van der Waals surface area contributed by atoms with E-state index in [0.717, 1.165) is 50.3 Å². The minimum absolute atomic E-state index is 0.294. The van der Waals surface area contributed by atoms with E-state index in [9.17, 15) is 0 Å². The second-order valence-corrected chi connectivity index (χ2v) is 5.51. The highest BCUT2D eigenvalue weighted by atomic mass is 16.7. The fraction of sp³-hybridized carbons (Fsp3) is 0.529. The van der Waals surface area contributed by atoms with Gasteiger partial charge in [-0.2, -0.15) is 0 Å². The Morgan fingerprint density at radius 1 is 1.33 bits per heavy atom. The number of hydrogen-bond donors (Lipinski definition) is 1. The number of nitrogens with one attached hydrogen (secondary N) is 1. The third-order valence-corrected chi connectivity index (χ3v) is 4.24. The smallest absolute Gasteiger partial charge is 0.183 e. The summed E-state index contributed by atoms with van der Waals surface area (Å²) in [7, 11) is 1.70. The summed E-state index contributed by atoms with van der Waals surface area (Å²) in [5.74, 6) is 0.534. The first-order valence-corrected chi connectivity index (χ1v) is 7.65. The van der Waals surface area contributed by atoms with Crippen molar-refractivity contribution in [2.75, 3.05) is 26.9 Å². The van der Waals surface area contributed by atoms with E-state index < -0.39 is 0 Å². The molecule has 2 aliphatic rings. The molecule has 0 bridgehead atoms. The Labute approximate surface area is 126 Å². The molecule has 1 aromatic carbocycles. The average Bonchev–Trinajstić information content (AvgIpc) is 3.15. The van der Waals surface area contributed by atoms with Gasteiger partial charge >= 0.3 is 0 Å². The van der Waals surface area contributed by atoms with Gasteiger partial charge in [-0.15, -0.1) is 0 Å². The van der Waals surface area contributed by atoms with Crippen molar-refractivity contribution in [3.63, 3.8) is 0 Å². The zero-order chi connectivity index (χ0) is 14.5. The number of methoxy groups -OCH3 is 1. The predicted octanol–water partition coefficient (Wildman–Crippen LogP) is 2.59. The Bertz CT molecular complexity index is 489. The lowest BCUT2D eigenvalue weighted by Crippen LogP contribution is -2.47. The molecule has 4 nitrogen and oxygen atoms in total. The summed E-state index contributed by atoms with van der Waals surface area (Å²) in [5, 5.41) is 3.54. The van der Waals surface area contributed by atoms with E-state index in [1.807, 2.05) is 18.2 Å². The van der Waals surface area contributed by atoms with Crippen LogP contribution in [0.4, 0.5) is 0 Å². The van der Waals surface area contributed by atoms with Gasteiger partial charge in [0.15, 0.2) is 5.79 Å². The van der Waals surface area contributed by atoms with Gasteiger partial charge in [0.05, 0.1) is 26.4 Å². The lowest BCUT2D eigenvalue weighted by atomic mass is 10.1. The van der Waals surface area contributed by atoms with Crippen molar-refractivity contribution in [2.45, 2.75) is 31.1 Å². The van der Waals surface area contributed by atoms with Crippen molar-refractivity contribution in [3.8, 4) is 5.75 Å². The van der Waals surface area contributed by atoms with Gasteiger partial charge in [-0.25, -0.2) is 0 Å². The van der Waals surface area contributed by atoms with E-state index in [4.69, 9.17) is 14.2 Å². The van der Waals surface area contributed by atoms with Gasteiger partial charge in [-0.1, -0.05) is 30.4 Å². The second kappa shape index (κ2) is 6.60. The SMILES string of the molecule is COc1ccccc1/C=C/CNC1CCCC12OCCO2. The van der Waals surface area contributed by atoms with Crippen LogP contribution in [0.15, 0.2) is 30.3 Å². The highest BCUT2D eigenvalue weighted by Gasteiger charge is 2.47. The molecule has 1 unspecified atom stereocenters. The fourth-order valence-electron chi connectivity index (χ4n) is 3.22. The van der Waals surface area contributed by atoms with E-state index in [2.05, 4.69) is 23.5 Å². The number of para-hydroxylation sites is 1. The van der Waals surface area contributed by atoms with Gasteiger partial charge in [0, 0.05) is 18.5 Å². The molecule has 0 aromatic heterocycles. The fourth-order valence-corrected chi connectivity index (χ4v) is 3.22. The first kappa shape index (κ1) is 14.6. The zero-order valence-corrected chi connectivity index (χ0v) is 12.5. The lowest BCUT2D eigenvalue weighted by Gasteiger charge is -2.29. The second-order valence-electron chi connectivity index (χ2n) is 5.51. The molecule has 0 amide bonds. The standard InChI is InChI=1S/C17H23NO3/c1-19-15-8-3-2-6-14(15)7-5-11-18-16-9-4-10-17(16)20-12-13-21-17/h2-3,5-8,16,18H,4,9-13H2,1H3/b7-5+. The monoisotopic (exact) mass is 289 g/mol. The van der Waals surface area contributed by atoms with Crippen molar-refractivity contribution in [2.24, 2.45) is 0 Å². The van der Waals surface area contributed by atoms with E-state index in [0.29, 0.717) is 6.04 Å². The Hall–Kier alpha value is -1.36. The molecule has 1 aliphatic heterocycles. The van der Waals surface area contributed by atoms with Crippen LogP contribution in [0.2, 0.25) is 0 Å². The van der Waals surface area contributed by atoms with Crippen LogP contribution >= 0.6 is 0 Å². The van der Waals surface area contributed by atoms with Gasteiger partial charge < -0.3 is 19.5 Å². The van der Waals surface area contributed by atoms with E-state index in [1.54, 1.807) is 7.11 Å². The summed E-state index contributed by atoms with van der Waals surface area (Å²) in [5.41, 5.74) is 1.09. The van der Waals surface area contributed by atoms with Gasteiger partial charge in [-0.3, -0.25) is 0 Å². The summed E-state index contributed by atoms with van der Waals surface area (Å²) in [4.78, 5) is 0. The van der Waals surface area contributed by atoms with Gasteiger partial charge in [0.25, 0.3) is 0 Å². The van der Waals surface area contributed by atoms with E-state index >= 15 is 0 Å². The molecule has 3 rings (SSSR count). The molecule has 1 aliphatic carbocycles. The van der Waals surface area contributed by atoms with E-state index in [-0.39, 0.29) is 5.79 Å². The first-order chi connectivity index (χ1) is 10.3. The molecule has 1 saturated carbocycles. The molecular formula is C17H23NO3. The highest BCUT2D eigenvalue weighted by Crippen LogP contribution is 2.37. The van der Waals surface area contributed by atoms with Crippen LogP contribution in [-0.4, -0.2) is 38.7 Å². The molecule has 1 atom stereocenters. The Balaban J connectivity index is 1.55. The van der Waals surface area contributed by atoms with E-state index in [1.165, 1.54) is 0 Å². The quantitative estimate of drug-likeness (QED) is 0.904. The normalized spacial score (nSPS) is 24.1. The van der Waals surface area contributed by atoms with Crippen LogP contribution in [0, 0.1) is 0 Å². The van der Waals surface area contributed by atoms with Crippen molar-refractivity contribution in [3.05, 3.63) is 35.9 Å². The number of hydrogen-bond acceptors (Lipinski definition) is 4. The third kappa shape index (κ3) is 3.12. The van der Waals surface area contributed by atoms with Crippen LogP contribution in [-0.2, 0) is 9.47 Å². The van der Waals surface area contributed by atoms with Gasteiger partial charge in [0.2, 0.25) is 0 Å². The molecule has 1 heterocycles. The maximum atomic E-state index is 5.84. The summed E-state index contributed by atoms with van der Waals surface area (Å²) < 4.78 is 17.0. The first-order valence-electron chi connectivity index (χ1n) is 7.65. The third-order valence-electron chi connectivity index (χ3n) is 4.24. The molecule has 4 heteroatoms. The van der Waals surface area contributed by atoms with Crippen molar-refractivity contribution in [1.82, 2.24) is 5.32 Å². The summed E-state index contributed by atoms with van der Waals surface area (Å²) in [6.07, 6.45) is 7.49. The molecule has 1 saturated heterocycles. The average molecular weight is 289 g/mol. The summed E-state index contributed by atoms with van der Waals surface area (Å²) in [6, 6.07) is 8.31. The molecule has 21 heavy (non-hydrogen) atoms. The Morgan fingerprint density at radius 3 is 2.95 bits per heavy atom. The Kier molecular flexibility index (Phi) is 4.58. The Morgan fingerprint density at radius 2 is 2.14 bits per heavy atom. The predicted molar refractivity (Wildman–Crippen MR) is 82.3 cm³/mol. The molecule has 1 aromatic rings. The van der Waals surface area contributed by atoms with Crippen molar-refractivity contribution < 1.29 is 14.2 Å². The van der Waals surface area contributed by atoms with Crippen molar-refractivity contribution >= 4 is 6.08 Å². The maximum Gasteiger partial charge on any atom is 0.183 e. The molecular weight excluding hydrogens is 266 g/mol. The number of benzene rings is 1. The highest BCUT2D eigenvalue weighted by molar-refractivity contribution is 5.57. The molecule has 114 valence electrons. The zero-order valence-electron chi connectivity index (χ0n) is 12.5. The topological polar surface area (TPSA) is 39.7 Å². The van der Waals surface area contributed by atoms with Crippen LogP contribution in [0.5, 0.6) is 5.75 Å². The molecule has 1 N–H and O–H groups in total. The number of rotatable bonds is 5. The summed E-state index contributed by atoms with van der Waals surface area (Å²) >= 11 is 0. The molecule has 1 spiro atoms. The van der Waals surface area contributed by atoms with Crippen LogP contribution in [0.1, 0.15) is 24.8 Å². The number of ether oxygens (including phenoxy) is 3. The minimum Gasteiger partial charge on any atom is -0.496 e. The van der Waals surface area contributed by atoms with Crippen LogP contribution in [0.3, 0.4) is 0 Å². The minimum atomic E-state index is -0.363. The van der Waals surface area contributed by atoms with Crippen LogP contribution in [0.25, 0.3) is 6.08 Å². The van der Waals surface area contributed by atoms with Crippen molar-refractivity contribution in [1.29, 1.82) is 0 Å².